The minimum atomic E-state index is 0. The minimum Gasteiger partial charge on any atom is -0.872 e. The van der Waals surface area contributed by atoms with Crippen molar-refractivity contribution in [1.29, 1.82) is 0 Å². The Labute approximate surface area is 207 Å². The van der Waals surface area contributed by atoms with E-state index in [4.69, 9.17) is 0 Å². The van der Waals surface area contributed by atoms with Gasteiger partial charge in [0, 0.05) is 0 Å². The third kappa shape index (κ3) is 4.39. The summed E-state index contributed by atoms with van der Waals surface area (Å²) < 4.78 is 4.01. The number of nitrogens with one attached hydrogen (secondary N) is 2. The zero-order valence-corrected chi connectivity index (χ0v) is 19.7. The third-order valence-corrected chi connectivity index (χ3v) is 5.99. The quantitative estimate of drug-likeness (QED) is 0.374. The van der Waals surface area contributed by atoms with Gasteiger partial charge in [0.25, 0.3) is 11.6 Å². The number of aromatic nitrogens is 4. The molecular formula is C28H24BeN4O2+2. The van der Waals surface area contributed by atoms with Gasteiger partial charge in [-0.05, 0) is 36.4 Å². The normalized spacial score (nSPS) is 10.6. The maximum absolute atomic E-state index is 11.8. The van der Waals surface area contributed by atoms with Crippen LogP contribution in [0.5, 0.6) is 11.5 Å². The Kier molecular flexibility index (Phi) is 6.67. The molecule has 2 N–H and O–H groups in total. The van der Waals surface area contributed by atoms with Crippen molar-refractivity contribution < 1.29 is 20.2 Å². The molecule has 4 aromatic carbocycles. The van der Waals surface area contributed by atoms with Crippen molar-refractivity contribution in [2.24, 2.45) is 14.1 Å². The minimum absolute atomic E-state index is 0. The van der Waals surface area contributed by atoms with Crippen LogP contribution in [0.2, 0.25) is 0 Å². The molecule has 6 aromatic rings. The largest absolute Gasteiger partial charge is 2.00 e. The average molecular weight is 458 g/mol. The third-order valence-electron chi connectivity index (χ3n) is 5.99. The summed E-state index contributed by atoms with van der Waals surface area (Å²) in [6, 6.07) is 30.1. The maximum Gasteiger partial charge on any atom is 2.00 e. The summed E-state index contributed by atoms with van der Waals surface area (Å²) in [5, 5.41) is 23.6. The van der Waals surface area contributed by atoms with Crippen LogP contribution >= 0.6 is 0 Å². The number of nitrogens with zero attached hydrogens (tertiary/aromatic N) is 2. The monoisotopic (exact) mass is 457 g/mol. The van der Waals surface area contributed by atoms with E-state index >= 15 is 0 Å². The van der Waals surface area contributed by atoms with Gasteiger partial charge in [-0.2, -0.15) is 0 Å². The first-order valence-electron chi connectivity index (χ1n) is 11.0. The van der Waals surface area contributed by atoms with E-state index in [0.717, 1.165) is 33.7 Å². The first kappa shape index (κ1) is 23.7. The van der Waals surface area contributed by atoms with Gasteiger partial charge in [0.05, 0.1) is 25.2 Å². The summed E-state index contributed by atoms with van der Waals surface area (Å²) in [7, 11) is 3.92. The van der Waals surface area contributed by atoms with E-state index < -0.39 is 0 Å². The van der Waals surface area contributed by atoms with Crippen LogP contribution in [-0.4, -0.2) is 19.3 Å². The molecule has 0 amide bonds. The number of benzene rings is 4. The van der Waals surface area contributed by atoms with E-state index in [1.807, 2.05) is 96.0 Å². The van der Waals surface area contributed by atoms with Gasteiger partial charge in [-0.3, -0.25) is 0 Å². The smallest absolute Gasteiger partial charge is 0.872 e. The van der Waals surface area contributed by atoms with E-state index in [2.05, 4.69) is 9.97 Å². The second-order valence-corrected chi connectivity index (χ2v) is 8.09. The molecule has 2 aromatic heterocycles. The van der Waals surface area contributed by atoms with Gasteiger partial charge < -0.3 is 10.2 Å². The second kappa shape index (κ2) is 9.83. The summed E-state index contributed by atoms with van der Waals surface area (Å²) in [6.45, 7) is 0. The van der Waals surface area contributed by atoms with Gasteiger partial charge in [-0.15, -0.1) is 0 Å². The molecule has 0 bridgehead atoms. The van der Waals surface area contributed by atoms with Crippen LogP contribution in [0.25, 0.3) is 44.8 Å². The molecule has 0 saturated carbocycles. The number of hydrogen-bond donors (Lipinski definition) is 0. The molecule has 0 atom stereocenters. The van der Waals surface area contributed by atoms with Crippen LogP contribution in [0.3, 0.4) is 0 Å². The number of H-pyrrole nitrogens is 2. The molecule has 0 aliphatic rings. The first-order valence-corrected chi connectivity index (χ1v) is 11.0. The molecule has 6 nitrogen and oxygen atoms in total. The average Bonchev–Trinajstić information content (AvgIpc) is 3.37. The number of aryl methyl sites for hydroxylation is 2. The van der Waals surface area contributed by atoms with Gasteiger partial charge in [0.15, 0.2) is 22.1 Å². The van der Waals surface area contributed by atoms with Gasteiger partial charge in [0.1, 0.15) is 0 Å². The van der Waals surface area contributed by atoms with Crippen molar-refractivity contribution in [3.63, 3.8) is 0 Å². The predicted octanol–water partition coefficient (Wildman–Crippen LogP) is 3.09. The van der Waals surface area contributed by atoms with Crippen LogP contribution in [-0.2, 0) is 14.1 Å². The van der Waals surface area contributed by atoms with Crippen LogP contribution in [0, 0.1) is 0 Å². The van der Waals surface area contributed by atoms with Gasteiger partial charge >= 0.3 is 10.1 Å². The van der Waals surface area contributed by atoms with Crippen molar-refractivity contribution in [1.82, 2.24) is 9.13 Å². The maximum atomic E-state index is 11.8. The van der Waals surface area contributed by atoms with Crippen LogP contribution in [0.4, 0.5) is 0 Å². The Balaban J connectivity index is 0.000000160. The summed E-state index contributed by atoms with van der Waals surface area (Å²) in [4.78, 5) is 6.57. The van der Waals surface area contributed by atoms with Crippen molar-refractivity contribution in [3.05, 3.63) is 97.1 Å². The molecule has 0 radical (unpaired) electrons. The zero-order valence-electron chi connectivity index (χ0n) is 19.7. The fourth-order valence-corrected chi connectivity index (χ4v) is 4.23. The fourth-order valence-electron chi connectivity index (χ4n) is 4.23. The standard InChI is InChI=1S/2C14H12N2O.Be/c2*1-16-12-8-4-3-7-11(12)15-14(16)10-6-2-5-9-13(10)17;/h2*2-9,17H,1H3;/q;;+2. The van der Waals surface area contributed by atoms with Crippen LogP contribution in [0.1, 0.15) is 0 Å². The first-order chi connectivity index (χ1) is 16.5. The Morgan fingerprint density at radius 3 is 1.23 bits per heavy atom. The van der Waals surface area contributed by atoms with E-state index in [-0.39, 0.29) is 21.6 Å². The summed E-state index contributed by atoms with van der Waals surface area (Å²) >= 11 is 0. The van der Waals surface area contributed by atoms with Crippen LogP contribution in [0.15, 0.2) is 97.1 Å². The number of aromatic amines is 2. The molecule has 0 spiro atoms. The zero-order chi connectivity index (χ0) is 23.7. The molecule has 35 heavy (non-hydrogen) atoms. The fraction of sp³-hybridized carbons (Fsp3) is 0.0714. The van der Waals surface area contributed by atoms with Crippen molar-refractivity contribution >= 4 is 32.2 Å². The molecule has 2 heterocycles. The molecule has 7 heteroatoms. The molecule has 0 aliphatic heterocycles. The van der Waals surface area contributed by atoms with Gasteiger partial charge in [-0.1, -0.05) is 72.2 Å². The van der Waals surface area contributed by atoms with E-state index in [1.54, 1.807) is 24.3 Å². The summed E-state index contributed by atoms with van der Waals surface area (Å²) in [6.07, 6.45) is 0. The Hall–Kier alpha value is -4.41. The summed E-state index contributed by atoms with van der Waals surface area (Å²) in [5.41, 5.74) is 5.65. The topological polar surface area (TPSA) is 84.3 Å². The second-order valence-electron chi connectivity index (χ2n) is 8.09. The van der Waals surface area contributed by atoms with Crippen molar-refractivity contribution in [2.75, 3.05) is 0 Å². The SMILES string of the molecule is Cn1c(-c2ccccc2[O-])[nH+]c2ccccc21.Cn1c(-c2ccccc2[O-])[nH+]c2ccccc21.[Be+2]. The van der Waals surface area contributed by atoms with Gasteiger partial charge in [-0.25, -0.2) is 19.1 Å². The molecular weight excluding hydrogens is 433 g/mol. The molecule has 168 valence electrons. The van der Waals surface area contributed by atoms with Gasteiger partial charge in [0.2, 0.25) is 0 Å². The van der Waals surface area contributed by atoms with Crippen molar-refractivity contribution in [3.8, 4) is 34.3 Å². The van der Waals surface area contributed by atoms with E-state index in [0.29, 0.717) is 11.1 Å². The van der Waals surface area contributed by atoms with Crippen molar-refractivity contribution in [2.45, 2.75) is 0 Å². The Morgan fingerprint density at radius 1 is 0.514 bits per heavy atom. The number of hydrogen-bond acceptors (Lipinski definition) is 2. The van der Waals surface area contributed by atoms with Crippen LogP contribution < -0.4 is 20.2 Å². The molecule has 0 aliphatic carbocycles. The van der Waals surface area contributed by atoms with E-state index in [9.17, 15) is 10.2 Å². The number of rotatable bonds is 2. The summed E-state index contributed by atoms with van der Waals surface area (Å²) in [5.74, 6) is 1.76. The Bertz CT molecular complexity index is 1500. The number of para-hydroxylation sites is 6. The number of fused-ring (bicyclic) bond motifs is 2. The molecule has 0 unspecified atom stereocenters. The molecule has 0 fully saturated rings. The Morgan fingerprint density at radius 2 is 0.857 bits per heavy atom. The predicted molar refractivity (Wildman–Crippen MR) is 134 cm³/mol. The van der Waals surface area contributed by atoms with E-state index in [1.165, 1.54) is 0 Å². The molecule has 6 rings (SSSR count). The molecule has 0 saturated heterocycles. The number of imidazole rings is 2.